The molecule has 0 aliphatic carbocycles. The molecule has 0 aliphatic heterocycles. The molecule has 0 radical (unpaired) electrons. The number of amides is 1. The number of hydrogen-bond acceptors (Lipinski definition) is 3. The van der Waals surface area contributed by atoms with E-state index in [2.05, 4.69) is 31.6 Å². The lowest BCUT2D eigenvalue weighted by Crippen LogP contribution is -2.26. The van der Waals surface area contributed by atoms with E-state index in [1.54, 1.807) is 19.2 Å². The van der Waals surface area contributed by atoms with Crippen LogP contribution in [0.1, 0.15) is 16.8 Å². The average molecular weight is 405 g/mol. The number of anilines is 1. The highest BCUT2D eigenvalue weighted by Gasteiger charge is 2.04. The monoisotopic (exact) mass is 404 g/mol. The van der Waals surface area contributed by atoms with Gasteiger partial charge in [0.25, 0.3) is 5.91 Å². The third-order valence-electron chi connectivity index (χ3n) is 3.33. The predicted octanol–water partition coefficient (Wildman–Crippen LogP) is 3.00. The molecule has 7 heteroatoms. The molecule has 0 saturated heterocycles. The third kappa shape index (κ3) is 6.46. The molecular formula is C18H21BrN4O2. The summed E-state index contributed by atoms with van der Waals surface area (Å²) in [5.74, 6) is 0.965. The maximum Gasteiger partial charge on any atom is 0.251 e. The molecule has 2 aromatic rings. The molecule has 0 atom stereocenters. The Bertz CT molecular complexity index is 749. The number of rotatable bonds is 7. The first-order valence-corrected chi connectivity index (χ1v) is 8.62. The van der Waals surface area contributed by atoms with Gasteiger partial charge in [0.05, 0.1) is 7.11 Å². The van der Waals surface area contributed by atoms with Crippen molar-refractivity contribution in [3.05, 3.63) is 58.6 Å². The number of hydrogen-bond donors (Lipinski definition) is 3. The Morgan fingerprint density at radius 1 is 1.24 bits per heavy atom. The molecule has 0 unspecified atom stereocenters. The lowest BCUT2D eigenvalue weighted by molar-refractivity contribution is 0.0953. The second-order valence-corrected chi connectivity index (χ2v) is 6.16. The number of carbonyl (C=O) groups is 1. The number of guanidine groups is 1. The minimum Gasteiger partial charge on any atom is -0.497 e. The van der Waals surface area contributed by atoms with E-state index in [9.17, 15) is 4.79 Å². The molecule has 2 rings (SSSR count). The number of nitrogens with two attached hydrogens (primary N) is 1. The number of benzene rings is 2. The van der Waals surface area contributed by atoms with E-state index < -0.39 is 0 Å². The third-order valence-corrected chi connectivity index (χ3v) is 3.82. The summed E-state index contributed by atoms with van der Waals surface area (Å²) in [6, 6.07) is 14.7. The van der Waals surface area contributed by atoms with Crippen molar-refractivity contribution in [2.45, 2.75) is 6.42 Å². The first kappa shape index (κ1) is 18.8. The topological polar surface area (TPSA) is 88.7 Å². The molecule has 2 aromatic carbocycles. The molecule has 25 heavy (non-hydrogen) atoms. The van der Waals surface area contributed by atoms with Crippen LogP contribution in [0.2, 0.25) is 0 Å². The second kappa shape index (κ2) is 9.68. The molecular weight excluding hydrogens is 384 g/mol. The highest BCUT2D eigenvalue weighted by Crippen LogP contribution is 2.16. The van der Waals surface area contributed by atoms with E-state index in [1.807, 2.05) is 36.4 Å². The lowest BCUT2D eigenvalue weighted by atomic mass is 10.2. The van der Waals surface area contributed by atoms with Crippen molar-refractivity contribution in [1.29, 1.82) is 0 Å². The van der Waals surface area contributed by atoms with Gasteiger partial charge in [0.1, 0.15) is 5.75 Å². The molecule has 1 amide bonds. The summed E-state index contributed by atoms with van der Waals surface area (Å²) in [6.45, 7) is 1.04. The number of nitrogens with one attached hydrogen (secondary N) is 2. The average Bonchev–Trinajstić information content (AvgIpc) is 2.61. The Kier molecular flexibility index (Phi) is 7.28. The van der Waals surface area contributed by atoms with Crippen LogP contribution in [-0.2, 0) is 0 Å². The van der Waals surface area contributed by atoms with Crippen LogP contribution in [0, 0.1) is 0 Å². The van der Waals surface area contributed by atoms with Gasteiger partial charge in [0, 0.05) is 34.9 Å². The van der Waals surface area contributed by atoms with E-state index >= 15 is 0 Å². The van der Waals surface area contributed by atoms with Crippen LogP contribution in [0.15, 0.2) is 58.0 Å². The fourth-order valence-electron chi connectivity index (χ4n) is 2.10. The zero-order valence-electron chi connectivity index (χ0n) is 14.0. The van der Waals surface area contributed by atoms with Crippen molar-refractivity contribution in [1.82, 2.24) is 5.32 Å². The summed E-state index contributed by atoms with van der Waals surface area (Å²) in [7, 11) is 1.61. The second-order valence-electron chi connectivity index (χ2n) is 5.24. The van der Waals surface area contributed by atoms with E-state index in [-0.39, 0.29) is 5.91 Å². The van der Waals surface area contributed by atoms with Crippen molar-refractivity contribution >= 4 is 33.5 Å². The van der Waals surface area contributed by atoms with Gasteiger partial charge in [0.2, 0.25) is 0 Å². The normalized spacial score (nSPS) is 11.0. The van der Waals surface area contributed by atoms with Crippen LogP contribution in [0.5, 0.6) is 5.75 Å². The van der Waals surface area contributed by atoms with Gasteiger partial charge < -0.3 is 21.1 Å². The molecule has 6 nitrogen and oxygen atoms in total. The zero-order chi connectivity index (χ0) is 18.1. The van der Waals surface area contributed by atoms with Gasteiger partial charge in [-0.2, -0.15) is 0 Å². The van der Waals surface area contributed by atoms with E-state index in [0.29, 0.717) is 31.0 Å². The highest BCUT2D eigenvalue weighted by molar-refractivity contribution is 9.10. The van der Waals surface area contributed by atoms with Crippen LogP contribution in [0.25, 0.3) is 0 Å². The van der Waals surface area contributed by atoms with E-state index in [4.69, 9.17) is 10.5 Å². The van der Waals surface area contributed by atoms with Crippen LogP contribution in [-0.4, -0.2) is 32.1 Å². The SMILES string of the molecule is COc1cccc(NC(N)=NCCCNC(=O)c2cccc(Br)c2)c1. The molecule has 0 saturated carbocycles. The molecule has 0 fully saturated rings. The summed E-state index contributed by atoms with van der Waals surface area (Å²) in [6.07, 6.45) is 0.695. The fraction of sp³-hybridized carbons (Fsp3) is 0.222. The Labute approximate surface area is 155 Å². The zero-order valence-corrected chi connectivity index (χ0v) is 15.5. The Morgan fingerprint density at radius 2 is 2.04 bits per heavy atom. The largest absolute Gasteiger partial charge is 0.497 e. The van der Waals surface area contributed by atoms with Crippen LogP contribution in [0.3, 0.4) is 0 Å². The van der Waals surface area contributed by atoms with Gasteiger partial charge in [-0.15, -0.1) is 0 Å². The molecule has 4 N–H and O–H groups in total. The first-order valence-electron chi connectivity index (χ1n) is 7.83. The number of nitrogens with zero attached hydrogens (tertiary/aromatic N) is 1. The lowest BCUT2D eigenvalue weighted by Gasteiger charge is -2.08. The molecule has 0 aliphatic rings. The molecule has 0 spiro atoms. The maximum atomic E-state index is 12.0. The molecule has 0 bridgehead atoms. The Morgan fingerprint density at radius 3 is 2.80 bits per heavy atom. The van der Waals surface area contributed by atoms with Gasteiger partial charge in [-0.3, -0.25) is 9.79 Å². The summed E-state index contributed by atoms with van der Waals surface area (Å²) in [5.41, 5.74) is 7.28. The maximum absolute atomic E-state index is 12.0. The fourth-order valence-corrected chi connectivity index (χ4v) is 2.50. The number of aliphatic imine (C=N–C) groups is 1. The van der Waals surface area contributed by atoms with Gasteiger partial charge in [0.15, 0.2) is 5.96 Å². The molecule has 0 heterocycles. The standard InChI is InChI=1S/C18H21BrN4O2/c1-25-16-8-3-7-15(12-16)23-18(20)22-10-4-9-21-17(24)13-5-2-6-14(19)11-13/h2-3,5-8,11-12H,4,9-10H2,1H3,(H,21,24)(H3,20,22,23). The van der Waals surface area contributed by atoms with Crippen LogP contribution >= 0.6 is 15.9 Å². The van der Waals surface area contributed by atoms with Crippen LogP contribution in [0.4, 0.5) is 5.69 Å². The smallest absolute Gasteiger partial charge is 0.251 e. The quantitative estimate of drug-likeness (QED) is 0.375. The minimum absolute atomic E-state index is 0.104. The van der Waals surface area contributed by atoms with Crippen molar-refractivity contribution in [3.63, 3.8) is 0 Å². The summed E-state index contributed by atoms with van der Waals surface area (Å²) < 4.78 is 6.03. The van der Waals surface area contributed by atoms with Crippen molar-refractivity contribution < 1.29 is 9.53 Å². The van der Waals surface area contributed by atoms with Gasteiger partial charge in [-0.25, -0.2) is 0 Å². The highest BCUT2D eigenvalue weighted by atomic mass is 79.9. The first-order chi connectivity index (χ1) is 12.1. The molecule has 0 aromatic heterocycles. The predicted molar refractivity (Wildman–Crippen MR) is 104 cm³/mol. The van der Waals surface area contributed by atoms with Crippen molar-refractivity contribution in [2.24, 2.45) is 10.7 Å². The summed E-state index contributed by atoms with van der Waals surface area (Å²) in [4.78, 5) is 16.2. The Balaban J connectivity index is 1.72. The number of halogens is 1. The van der Waals surface area contributed by atoms with Crippen molar-refractivity contribution in [3.8, 4) is 5.75 Å². The van der Waals surface area contributed by atoms with E-state index in [1.165, 1.54) is 0 Å². The van der Waals surface area contributed by atoms with E-state index in [0.717, 1.165) is 15.9 Å². The summed E-state index contributed by atoms with van der Waals surface area (Å²) >= 11 is 3.35. The Hall–Kier alpha value is -2.54. The molecule has 132 valence electrons. The van der Waals surface area contributed by atoms with Gasteiger partial charge in [-0.05, 0) is 36.8 Å². The van der Waals surface area contributed by atoms with Gasteiger partial charge >= 0.3 is 0 Å². The van der Waals surface area contributed by atoms with Gasteiger partial charge in [-0.1, -0.05) is 28.1 Å². The number of ether oxygens (including phenoxy) is 1. The van der Waals surface area contributed by atoms with Crippen LogP contribution < -0.4 is 21.1 Å². The summed E-state index contributed by atoms with van der Waals surface area (Å²) in [5, 5.41) is 5.86. The van der Waals surface area contributed by atoms with Crippen molar-refractivity contribution in [2.75, 3.05) is 25.5 Å². The number of methoxy groups -OCH3 is 1. The number of carbonyl (C=O) groups excluding carboxylic acids is 1. The minimum atomic E-state index is -0.104.